The fourth-order valence-electron chi connectivity index (χ4n) is 11.7. The zero-order valence-electron chi connectivity index (χ0n) is 39.3. The molecule has 0 N–H and O–H groups in total. The molecule has 0 saturated carbocycles. The van der Waals surface area contributed by atoms with E-state index in [1.165, 1.54) is 45.0 Å². The van der Waals surface area contributed by atoms with Crippen LogP contribution in [0.1, 0.15) is 26.3 Å². The summed E-state index contributed by atoms with van der Waals surface area (Å²) in [5, 5.41) is 2.58. The summed E-state index contributed by atoms with van der Waals surface area (Å²) >= 11 is -3.60. The van der Waals surface area contributed by atoms with E-state index in [1.807, 2.05) is 12.3 Å². The maximum atomic E-state index is 7.14. The minimum atomic E-state index is -3.60. The molecule has 0 amide bonds. The third-order valence-corrected chi connectivity index (χ3v) is 25.0. The quantitative estimate of drug-likeness (QED) is 0.118. The second-order valence-corrected chi connectivity index (χ2v) is 27.2. The molecule has 7 heteroatoms. The zero-order chi connectivity index (χ0) is 46.7. The van der Waals surface area contributed by atoms with Gasteiger partial charge in [0.2, 0.25) is 0 Å². The van der Waals surface area contributed by atoms with Crippen LogP contribution in [0, 0.1) is 18.8 Å². The van der Waals surface area contributed by atoms with Crippen molar-refractivity contribution in [3.05, 3.63) is 237 Å². The number of anilines is 4. The number of fused-ring (bicyclic) bond motifs is 8. The molecule has 2 aromatic heterocycles. The molecule has 14 rings (SSSR count). The van der Waals surface area contributed by atoms with Crippen LogP contribution < -0.4 is 32.1 Å². The molecule has 5 nitrogen and oxygen atoms in total. The van der Waals surface area contributed by atoms with Crippen LogP contribution in [-0.2, 0) is 26.5 Å². The molecule has 3 aliphatic rings. The Morgan fingerprint density at radius 1 is 0.507 bits per heavy atom. The molecule has 0 atom stereocenters. The number of para-hydroxylation sites is 3. The number of ether oxygens (including phenoxy) is 1. The van der Waals surface area contributed by atoms with Crippen LogP contribution in [-0.4, -0.2) is 22.8 Å². The molecule has 5 heterocycles. The third-order valence-electron chi connectivity index (χ3n) is 14.7. The summed E-state index contributed by atoms with van der Waals surface area (Å²) in [6.45, 7) is 8.98. The summed E-state index contributed by atoms with van der Waals surface area (Å²) in [6, 6.07) is 82.3. The van der Waals surface area contributed by atoms with Gasteiger partial charge in [0.1, 0.15) is 0 Å². The average Bonchev–Trinajstić information content (AvgIpc) is 4.13. The Morgan fingerprint density at radius 3 is 1.76 bits per heavy atom. The van der Waals surface area contributed by atoms with E-state index < -0.39 is 13.3 Å². The van der Waals surface area contributed by atoms with E-state index in [4.69, 9.17) is 9.72 Å². The van der Waals surface area contributed by atoms with E-state index in [0.29, 0.717) is 11.5 Å². The SMILES string of the molecule is CC(C)(C)c1ccnc(-n2c3[c-]c(Oc4[c-]c(N5[CH-]N(c6c(-c7ccccc7)cccc6-c6ccccc6)c6ccccc65)ccc4)c[c]4c3c3[c](cccc32)[Ge]42[c]3ccccc3-c3cccc[c]32)c1.[Pt]. The zero-order valence-corrected chi connectivity index (χ0v) is 43.7. The summed E-state index contributed by atoms with van der Waals surface area (Å²) in [6.07, 6.45) is 1.95. The first-order valence-electron chi connectivity index (χ1n) is 24.0. The standard InChI is InChI=1S/C64H45GeN4O.Pt/c1-64(2,3)44-35-36-66-60(37-44)69-58-34-18-31-54-61(58)62-55(65(54)52-29-12-10-25-50(52)51-26-11-13-30-53(51)65)39-47(40-59(62)69)70-46-24-16-23-45(38-46)67-41-68(57-33-15-14-32-56(57)67)63-48(42-19-6-4-7-20-42)27-17-28-49(63)43-21-8-5-9-22-43;/h4-37,39,41H,1-3H3;/q-3;. The minimum Gasteiger partial charge on any atom is 0 e. The first kappa shape index (κ1) is 43.6. The number of hydrogen-bond donors (Lipinski definition) is 0. The largest absolute Gasteiger partial charge is 0 e. The van der Waals surface area contributed by atoms with Gasteiger partial charge in [0.05, 0.1) is 0 Å². The number of rotatable bonds is 7. The summed E-state index contributed by atoms with van der Waals surface area (Å²) in [5.41, 5.74) is 14.7. The number of hydrogen-bond acceptors (Lipinski definition) is 4. The third kappa shape index (κ3) is 6.52. The summed E-state index contributed by atoms with van der Waals surface area (Å²) in [5.74, 6) is 2.15. The Labute approximate surface area is 431 Å². The van der Waals surface area contributed by atoms with Crippen LogP contribution in [0.25, 0.3) is 61.0 Å². The van der Waals surface area contributed by atoms with Crippen molar-refractivity contribution in [2.45, 2.75) is 26.2 Å². The predicted molar refractivity (Wildman–Crippen MR) is 290 cm³/mol. The number of nitrogens with zero attached hydrogens (tertiary/aromatic N) is 4. The van der Waals surface area contributed by atoms with Crippen LogP contribution in [0.2, 0.25) is 0 Å². The fraction of sp³-hybridized carbons (Fsp3) is 0.0625. The van der Waals surface area contributed by atoms with Gasteiger partial charge in [0, 0.05) is 21.1 Å². The Hall–Kier alpha value is -7.44. The topological polar surface area (TPSA) is 33.5 Å². The van der Waals surface area contributed by atoms with E-state index in [2.05, 4.69) is 254 Å². The van der Waals surface area contributed by atoms with Crippen molar-refractivity contribution in [1.29, 1.82) is 0 Å². The van der Waals surface area contributed by atoms with Crippen molar-refractivity contribution < 1.29 is 25.8 Å². The van der Waals surface area contributed by atoms with Gasteiger partial charge >= 0.3 is 323 Å². The first-order valence-corrected chi connectivity index (χ1v) is 28.2. The van der Waals surface area contributed by atoms with Crippen LogP contribution in [0.5, 0.6) is 11.5 Å². The molecule has 0 unspecified atom stereocenters. The van der Waals surface area contributed by atoms with Crippen molar-refractivity contribution in [1.82, 2.24) is 9.55 Å². The Balaban J connectivity index is 0.00000492. The number of aromatic nitrogens is 2. The molecular formula is C64H45GeN4OPt-3. The molecule has 11 aromatic rings. The molecule has 1 spiro atoms. The molecule has 9 aromatic carbocycles. The van der Waals surface area contributed by atoms with Crippen LogP contribution >= 0.6 is 0 Å². The van der Waals surface area contributed by atoms with Gasteiger partial charge in [-0.15, -0.1) is 0 Å². The van der Waals surface area contributed by atoms with Crippen molar-refractivity contribution >= 4 is 75.4 Å². The summed E-state index contributed by atoms with van der Waals surface area (Å²) in [4.78, 5) is 9.63. The predicted octanol–water partition coefficient (Wildman–Crippen LogP) is 13.3. The van der Waals surface area contributed by atoms with Crippen molar-refractivity contribution in [3.63, 3.8) is 0 Å². The van der Waals surface area contributed by atoms with Gasteiger partial charge in [-0.1, -0.05) is 78.9 Å². The maximum absolute atomic E-state index is 7.14. The normalized spacial score (nSPS) is 13.7. The molecule has 0 saturated heterocycles. The average molecular weight is 1150 g/mol. The van der Waals surface area contributed by atoms with Crippen LogP contribution in [0.4, 0.5) is 22.7 Å². The van der Waals surface area contributed by atoms with E-state index in [9.17, 15) is 0 Å². The Kier molecular flexibility index (Phi) is 10.2. The second kappa shape index (κ2) is 16.6. The van der Waals surface area contributed by atoms with Gasteiger partial charge in [0.25, 0.3) is 0 Å². The van der Waals surface area contributed by atoms with E-state index in [-0.39, 0.29) is 26.5 Å². The number of pyridine rings is 1. The molecule has 0 bridgehead atoms. The van der Waals surface area contributed by atoms with Gasteiger partial charge in [0.15, 0.2) is 0 Å². The van der Waals surface area contributed by atoms with Gasteiger partial charge in [-0.3, -0.25) is 0 Å². The molecule has 0 fully saturated rings. The molecule has 0 aliphatic carbocycles. The van der Waals surface area contributed by atoms with Gasteiger partial charge < -0.3 is 0 Å². The van der Waals surface area contributed by atoms with Crippen molar-refractivity contribution in [2.75, 3.05) is 9.80 Å². The summed E-state index contributed by atoms with van der Waals surface area (Å²) < 4.78 is 15.2. The Morgan fingerprint density at radius 2 is 1.08 bits per heavy atom. The maximum Gasteiger partial charge on any atom is 0 e. The number of benzene rings is 9. The van der Waals surface area contributed by atoms with Crippen LogP contribution in [0.3, 0.4) is 0 Å². The second-order valence-electron chi connectivity index (χ2n) is 19.6. The van der Waals surface area contributed by atoms with E-state index >= 15 is 0 Å². The molecule has 71 heavy (non-hydrogen) atoms. The van der Waals surface area contributed by atoms with Gasteiger partial charge in [-0.05, 0) is 11.1 Å². The molecule has 0 radical (unpaired) electrons. The van der Waals surface area contributed by atoms with Gasteiger partial charge in [-0.2, -0.15) is 0 Å². The Bertz CT molecular complexity index is 3810. The van der Waals surface area contributed by atoms with E-state index in [1.54, 1.807) is 0 Å². The first-order chi connectivity index (χ1) is 34.4. The van der Waals surface area contributed by atoms with Crippen molar-refractivity contribution in [3.8, 4) is 50.7 Å². The van der Waals surface area contributed by atoms with Crippen LogP contribution in [0.15, 0.2) is 212 Å². The smallest absolute Gasteiger partial charge is 0 e. The minimum absolute atomic E-state index is 0. The van der Waals surface area contributed by atoms with Crippen molar-refractivity contribution in [2.24, 2.45) is 0 Å². The van der Waals surface area contributed by atoms with E-state index in [0.717, 1.165) is 61.9 Å². The summed E-state index contributed by atoms with van der Waals surface area (Å²) in [7, 11) is 0. The monoisotopic (exact) mass is 1150 g/mol. The molecule has 344 valence electrons. The molecule has 3 aliphatic heterocycles. The van der Waals surface area contributed by atoms with Gasteiger partial charge in [-0.25, -0.2) is 0 Å². The molecular weight excluding hydrogens is 1110 g/mol. The fourth-order valence-corrected chi connectivity index (χ4v) is 23.5.